The smallest absolute Gasteiger partial charge is 0.321 e. The molecule has 0 bridgehead atoms. The number of primary amides is 1. The summed E-state index contributed by atoms with van der Waals surface area (Å²) in [4.78, 5) is 21.3. The molecule has 0 fully saturated rings. The highest BCUT2D eigenvalue weighted by molar-refractivity contribution is 9.10. The SMILES string of the molecule is COC(=O)C(Br)Cn1cc(C(N)=O)cn1. The van der Waals surface area contributed by atoms with Crippen LogP contribution in [-0.4, -0.2) is 33.6 Å². The molecule has 0 aliphatic carbocycles. The molecule has 0 saturated heterocycles. The number of halogens is 1. The summed E-state index contributed by atoms with van der Waals surface area (Å²) in [7, 11) is 1.30. The van der Waals surface area contributed by atoms with Crippen LogP contribution in [0.15, 0.2) is 12.4 Å². The van der Waals surface area contributed by atoms with Crippen LogP contribution in [0.2, 0.25) is 0 Å². The Morgan fingerprint density at radius 1 is 1.73 bits per heavy atom. The van der Waals surface area contributed by atoms with Gasteiger partial charge in [-0.1, -0.05) is 15.9 Å². The molecule has 1 amide bonds. The monoisotopic (exact) mass is 275 g/mol. The fourth-order valence-corrected chi connectivity index (χ4v) is 1.44. The van der Waals surface area contributed by atoms with Crippen LogP contribution in [0.25, 0.3) is 0 Å². The van der Waals surface area contributed by atoms with Crippen LogP contribution in [0.5, 0.6) is 0 Å². The molecule has 15 heavy (non-hydrogen) atoms. The van der Waals surface area contributed by atoms with Crippen LogP contribution in [0.1, 0.15) is 10.4 Å². The second-order valence-corrected chi connectivity index (χ2v) is 3.91. The van der Waals surface area contributed by atoms with Crippen molar-refractivity contribution in [3.05, 3.63) is 18.0 Å². The number of amides is 1. The van der Waals surface area contributed by atoms with Crippen molar-refractivity contribution < 1.29 is 14.3 Å². The lowest BCUT2D eigenvalue weighted by Crippen LogP contribution is -2.21. The molecule has 1 unspecified atom stereocenters. The van der Waals surface area contributed by atoms with Gasteiger partial charge in [0.05, 0.1) is 25.4 Å². The van der Waals surface area contributed by atoms with Crippen LogP contribution >= 0.6 is 15.9 Å². The van der Waals surface area contributed by atoms with Gasteiger partial charge in [0.25, 0.3) is 5.91 Å². The van der Waals surface area contributed by atoms with Gasteiger partial charge in [-0.05, 0) is 0 Å². The quantitative estimate of drug-likeness (QED) is 0.615. The van der Waals surface area contributed by atoms with Crippen molar-refractivity contribution >= 4 is 27.8 Å². The summed E-state index contributed by atoms with van der Waals surface area (Å²) in [6.07, 6.45) is 2.82. The molecular formula is C8H10BrN3O3. The Balaban J connectivity index is 2.65. The van der Waals surface area contributed by atoms with E-state index in [2.05, 4.69) is 25.8 Å². The molecule has 1 aromatic rings. The molecule has 2 N–H and O–H groups in total. The van der Waals surface area contributed by atoms with Crippen molar-refractivity contribution in [1.29, 1.82) is 0 Å². The maximum atomic E-state index is 11.1. The fraction of sp³-hybridized carbons (Fsp3) is 0.375. The summed E-state index contributed by atoms with van der Waals surface area (Å²) >= 11 is 3.13. The highest BCUT2D eigenvalue weighted by atomic mass is 79.9. The number of hydrogen-bond donors (Lipinski definition) is 1. The Kier molecular flexibility index (Phi) is 3.84. The molecule has 0 aliphatic heterocycles. The van der Waals surface area contributed by atoms with E-state index in [-0.39, 0.29) is 6.54 Å². The highest BCUT2D eigenvalue weighted by Crippen LogP contribution is 2.06. The Bertz CT molecular complexity index is 377. The van der Waals surface area contributed by atoms with E-state index >= 15 is 0 Å². The van der Waals surface area contributed by atoms with E-state index in [1.807, 2.05) is 0 Å². The van der Waals surface area contributed by atoms with Gasteiger partial charge >= 0.3 is 5.97 Å². The first-order valence-corrected chi connectivity index (χ1v) is 5.00. The van der Waals surface area contributed by atoms with Crippen molar-refractivity contribution in [2.75, 3.05) is 7.11 Å². The molecule has 82 valence electrons. The predicted octanol–water partition coefficient (Wildman–Crippen LogP) is -0.0815. The summed E-state index contributed by atoms with van der Waals surface area (Å²) < 4.78 is 5.96. The molecule has 0 aliphatic rings. The number of hydrogen-bond acceptors (Lipinski definition) is 4. The van der Waals surface area contributed by atoms with Crippen LogP contribution in [0.4, 0.5) is 0 Å². The number of aromatic nitrogens is 2. The topological polar surface area (TPSA) is 87.2 Å². The molecule has 0 spiro atoms. The lowest BCUT2D eigenvalue weighted by molar-refractivity contribution is -0.140. The summed E-state index contributed by atoms with van der Waals surface area (Å²) in [5, 5.41) is 3.87. The van der Waals surface area contributed by atoms with Crippen molar-refractivity contribution in [3.8, 4) is 0 Å². The summed E-state index contributed by atoms with van der Waals surface area (Å²) in [6.45, 7) is 0.278. The van der Waals surface area contributed by atoms with Gasteiger partial charge in [0, 0.05) is 6.20 Å². The number of rotatable bonds is 4. The van der Waals surface area contributed by atoms with E-state index in [0.717, 1.165) is 0 Å². The molecule has 1 rings (SSSR count). The second-order valence-electron chi connectivity index (χ2n) is 2.81. The minimum absolute atomic E-state index is 0.278. The van der Waals surface area contributed by atoms with Crippen molar-refractivity contribution in [2.45, 2.75) is 11.4 Å². The number of alkyl halides is 1. The standard InChI is InChI=1S/C8H10BrN3O3/c1-15-8(14)6(9)4-12-3-5(2-11-12)7(10)13/h2-3,6H,4H2,1H3,(H2,10,13). The van der Waals surface area contributed by atoms with E-state index in [4.69, 9.17) is 5.73 Å². The number of methoxy groups -OCH3 is 1. The predicted molar refractivity (Wildman–Crippen MR) is 55.5 cm³/mol. The zero-order valence-electron chi connectivity index (χ0n) is 8.01. The number of carbonyl (C=O) groups excluding carboxylic acids is 2. The number of esters is 1. The van der Waals surface area contributed by atoms with Crippen LogP contribution in [0, 0.1) is 0 Å². The van der Waals surface area contributed by atoms with Gasteiger partial charge in [-0.15, -0.1) is 0 Å². The zero-order valence-corrected chi connectivity index (χ0v) is 9.60. The molecule has 1 atom stereocenters. The molecule has 6 nitrogen and oxygen atoms in total. The van der Waals surface area contributed by atoms with Gasteiger partial charge in [0.15, 0.2) is 0 Å². The molecule has 1 aromatic heterocycles. The van der Waals surface area contributed by atoms with Gasteiger partial charge in [-0.25, -0.2) is 0 Å². The third kappa shape index (κ3) is 3.05. The molecule has 0 saturated carbocycles. The Morgan fingerprint density at radius 2 is 2.40 bits per heavy atom. The third-order valence-electron chi connectivity index (χ3n) is 1.72. The third-order valence-corrected chi connectivity index (χ3v) is 2.39. The highest BCUT2D eigenvalue weighted by Gasteiger charge is 2.16. The molecule has 0 radical (unpaired) electrons. The van der Waals surface area contributed by atoms with Crippen molar-refractivity contribution in [1.82, 2.24) is 9.78 Å². The number of nitrogens with two attached hydrogens (primary N) is 1. The van der Waals surface area contributed by atoms with Crippen LogP contribution in [0.3, 0.4) is 0 Å². The van der Waals surface area contributed by atoms with Gasteiger partial charge in [0.1, 0.15) is 4.83 Å². The normalized spacial score (nSPS) is 12.1. The van der Waals surface area contributed by atoms with Crippen LogP contribution < -0.4 is 5.73 Å². The number of ether oxygens (including phenoxy) is 1. The molecule has 7 heteroatoms. The first-order chi connectivity index (χ1) is 7.04. The van der Waals surface area contributed by atoms with Crippen LogP contribution in [-0.2, 0) is 16.1 Å². The molecule has 1 heterocycles. The Hall–Kier alpha value is -1.37. The largest absolute Gasteiger partial charge is 0.468 e. The van der Waals surface area contributed by atoms with Gasteiger partial charge in [-0.3, -0.25) is 14.3 Å². The van der Waals surface area contributed by atoms with Gasteiger partial charge in [0.2, 0.25) is 0 Å². The second kappa shape index (κ2) is 4.92. The summed E-state index contributed by atoms with van der Waals surface area (Å²) in [6, 6.07) is 0. The fourth-order valence-electron chi connectivity index (χ4n) is 0.957. The summed E-state index contributed by atoms with van der Waals surface area (Å²) in [5.41, 5.74) is 5.35. The van der Waals surface area contributed by atoms with E-state index in [0.29, 0.717) is 5.56 Å². The number of carbonyl (C=O) groups is 2. The van der Waals surface area contributed by atoms with Gasteiger partial charge < -0.3 is 10.5 Å². The first kappa shape index (κ1) is 11.7. The summed E-state index contributed by atoms with van der Waals surface area (Å²) in [5.74, 6) is -0.948. The average molecular weight is 276 g/mol. The Labute approximate surface area is 94.5 Å². The maximum Gasteiger partial charge on any atom is 0.321 e. The molecule has 0 aromatic carbocycles. The van der Waals surface area contributed by atoms with Gasteiger partial charge in [-0.2, -0.15) is 5.10 Å². The van der Waals surface area contributed by atoms with E-state index < -0.39 is 16.7 Å². The minimum atomic E-state index is -0.551. The van der Waals surface area contributed by atoms with Crippen molar-refractivity contribution in [2.24, 2.45) is 5.73 Å². The van der Waals surface area contributed by atoms with Crippen molar-refractivity contribution in [3.63, 3.8) is 0 Å². The first-order valence-electron chi connectivity index (χ1n) is 4.08. The Morgan fingerprint density at radius 3 is 2.87 bits per heavy atom. The maximum absolute atomic E-state index is 11.1. The molecular weight excluding hydrogens is 266 g/mol. The van der Waals surface area contributed by atoms with E-state index in [1.165, 1.54) is 24.2 Å². The lowest BCUT2D eigenvalue weighted by atomic mass is 10.3. The average Bonchev–Trinajstić information content (AvgIpc) is 2.65. The minimum Gasteiger partial charge on any atom is -0.468 e. The van der Waals surface area contributed by atoms with E-state index in [1.54, 1.807) is 0 Å². The zero-order chi connectivity index (χ0) is 11.4. The van der Waals surface area contributed by atoms with E-state index in [9.17, 15) is 9.59 Å². The lowest BCUT2D eigenvalue weighted by Gasteiger charge is -2.06. The number of nitrogens with zero attached hydrogens (tertiary/aromatic N) is 2.